The first kappa shape index (κ1) is 13.9. The van der Waals surface area contributed by atoms with Crippen molar-refractivity contribution in [2.24, 2.45) is 7.05 Å². The molecule has 4 heteroatoms. The van der Waals surface area contributed by atoms with Gasteiger partial charge in [0.15, 0.2) is 0 Å². The fourth-order valence-corrected chi connectivity index (χ4v) is 3.20. The topological polar surface area (TPSA) is 28.4 Å². The van der Waals surface area contributed by atoms with E-state index in [4.69, 9.17) is 11.6 Å². The second-order valence-electron chi connectivity index (χ2n) is 5.72. The maximum Gasteiger partial charge on any atom is 0.0774 e. The van der Waals surface area contributed by atoms with Gasteiger partial charge < -0.3 is 9.67 Å². The molecule has 0 bridgehead atoms. The van der Waals surface area contributed by atoms with Gasteiger partial charge in [0, 0.05) is 32.0 Å². The van der Waals surface area contributed by atoms with Crippen molar-refractivity contribution < 1.29 is 5.11 Å². The minimum absolute atomic E-state index is 0.484. The lowest BCUT2D eigenvalue weighted by molar-refractivity contribution is -0.0226. The van der Waals surface area contributed by atoms with Gasteiger partial charge in [0.05, 0.1) is 10.6 Å². The smallest absolute Gasteiger partial charge is 0.0774 e. The van der Waals surface area contributed by atoms with Crippen LogP contribution in [-0.4, -0.2) is 33.8 Å². The molecule has 0 aliphatic heterocycles. The molecule has 0 radical (unpaired) electrons. The molecule has 1 aliphatic rings. The van der Waals surface area contributed by atoms with Gasteiger partial charge in [-0.05, 0) is 26.0 Å². The Bertz CT molecular complexity index is 396. The monoisotopic (exact) mass is 270 g/mol. The Morgan fingerprint density at radius 1 is 1.39 bits per heavy atom. The van der Waals surface area contributed by atoms with Crippen LogP contribution < -0.4 is 0 Å². The van der Waals surface area contributed by atoms with E-state index in [9.17, 15) is 5.11 Å². The minimum atomic E-state index is -0.484. The van der Waals surface area contributed by atoms with Gasteiger partial charge in [-0.3, -0.25) is 4.90 Å². The highest BCUT2D eigenvalue weighted by Gasteiger charge is 2.30. The Morgan fingerprint density at radius 3 is 2.61 bits per heavy atom. The number of aromatic nitrogens is 1. The van der Waals surface area contributed by atoms with Crippen molar-refractivity contribution in [3.8, 4) is 0 Å². The molecule has 1 saturated carbocycles. The van der Waals surface area contributed by atoms with E-state index >= 15 is 0 Å². The van der Waals surface area contributed by atoms with Gasteiger partial charge >= 0.3 is 0 Å². The second kappa shape index (κ2) is 5.64. The largest absolute Gasteiger partial charge is 0.389 e. The molecule has 18 heavy (non-hydrogen) atoms. The van der Waals surface area contributed by atoms with E-state index in [0.29, 0.717) is 0 Å². The Morgan fingerprint density at radius 2 is 2.06 bits per heavy atom. The summed E-state index contributed by atoms with van der Waals surface area (Å²) >= 11 is 5.98. The van der Waals surface area contributed by atoms with Gasteiger partial charge in [-0.1, -0.05) is 30.9 Å². The molecule has 2 rings (SSSR count). The Hall–Kier alpha value is -0.510. The van der Waals surface area contributed by atoms with Crippen LogP contribution in [0.1, 0.15) is 37.8 Å². The lowest BCUT2D eigenvalue weighted by atomic mass is 9.84. The quantitative estimate of drug-likeness (QED) is 0.911. The molecular formula is C14H23ClN2O. The molecule has 1 N–H and O–H groups in total. The lowest BCUT2D eigenvalue weighted by Crippen LogP contribution is -2.42. The molecule has 0 aromatic carbocycles. The number of hydrogen-bond acceptors (Lipinski definition) is 2. The van der Waals surface area contributed by atoms with E-state index in [1.807, 2.05) is 23.9 Å². The number of halogens is 1. The van der Waals surface area contributed by atoms with Crippen molar-refractivity contribution >= 4 is 11.6 Å². The predicted octanol–water partition coefficient (Wildman–Crippen LogP) is 2.81. The zero-order chi connectivity index (χ0) is 13.2. The molecule has 0 unspecified atom stereocenters. The van der Waals surface area contributed by atoms with Crippen molar-refractivity contribution in [2.75, 3.05) is 13.6 Å². The molecule has 0 atom stereocenters. The molecule has 0 amide bonds. The van der Waals surface area contributed by atoms with Crippen molar-refractivity contribution in [1.29, 1.82) is 0 Å². The standard InChI is InChI=1S/C14H23ClN2O/c1-16(10-13-8-12(15)9-17(13)2)11-14(18)6-4-3-5-7-14/h8-9,18H,3-7,10-11H2,1-2H3. The number of hydrogen-bond donors (Lipinski definition) is 1. The molecule has 3 nitrogen and oxygen atoms in total. The van der Waals surface area contributed by atoms with Crippen LogP contribution in [0.4, 0.5) is 0 Å². The lowest BCUT2D eigenvalue weighted by Gasteiger charge is -2.35. The van der Waals surface area contributed by atoms with E-state index in [-0.39, 0.29) is 0 Å². The molecular weight excluding hydrogens is 248 g/mol. The number of rotatable bonds is 4. The molecule has 0 saturated heterocycles. The van der Waals surface area contributed by atoms with Crippen LogP contribution in [-0.2, 0) is 13.6 Å². The highest BCUT2D eigenvalue weighted by molar-refractivity contribution is 6.30. The first-order chi connectivity index (χ1) is 8.48. The van der Waals surface area contributed by atoms with E-state index in [0.717, 1.165) is 43.8 Å². The van der Waals surface area contributed by atoms with Crippen LogP contribution in [0, 0.1) is 0 Å². The highest BCUT2D eigenvalue weighted by atomic mass is 35.5. The van der Waals surface area contributed by atoms with Crippen molar-refractivity contribution in [1.82, 2.24) is 9.47 Å². The fourth-order valence-electron chi connectivity index (χ4n) is 2.93. The van der Waals surface area contributed by atoms with Crippen LogP contribution in [0.5, 0.6) is 0 Å². The summed E-state index contributed by atoms with van der Waals surface area (Å²) in [5.74, 6) is 0. The summed E-state index contributed by atoms with van der Waals surface area (Å²) in [6, 6.07) is 1.99. The predicted molar refractivity (Wildman–Crippen MR) is 74.8 cm³/mol. The third kappa shape index (κ3) is 3.50. The van der Waals surface area contributed by atoms with Gasteiger partial charge in [0.1, 0.15) is 0 Å². The zero-order valence-corrected chi connectivity index (χ0v) is 12.1. The highest BCUT2D eigenvalue weighted by Crippen LogP contribution is 2.29. The van der Waals surface area contributed by atoms with E-state index in [2.05, 4.69) is 11.9 Å². The Balaban J connectivity index is 1.91. The van der Waals surface area contributed by atoms with Crippen molar-refractivity contribution in [2.45, 2.75) is 44.2 Å². The van der Waals surface area contributed by atoms with Crippen LogP contribution in [0.3, 0.4) is 0 Å². The summed E-state index contributed by atoms with van der Waals surface area (Å²) in [5, 5.41) is 11.3. The van der Waals surface area contributed by atoms with Gasteiger partial charge in [-0.25, -0.2) is 0 Å². The summed E-state index contributed by atoms with van der Waals surface area (Å²) in [7, 11) is 4.07. The minimum Gasteiger partial charge on any atom is -0.389 e. The van der Waals surface area contributed by atoms with Gasteiger partial charge in [-0.2, -0.15) is 0 Å². The maximum absolute atomic E-state index is 10.5. The van der Waals surface area contributed by atoms with Crippen LogP contribution >= 0.6 is 11.6 Å². The average molecular weight is 271 g/mol. The summed E-state index contributed by atoms with van der Waals surface area (Å²) in [6.45, 7) is 1.57. The van der Waals surface area contributed by atoms with Gasteiger partial charge in [-0.15, -0.1) is 0 Å². The average Bonchev–Trinajstić information content (AvgIpc) is 2.57. The first-order valence-corrected chi connectivity index (χ1v) is 7.08. The molecule has 0 spiro atoms. The third-order valence-electron chi connectivity index (χ3n) is 3.85. The fraction of sp³-hybridized carbons (Fsp3) is 0.714. The van der Waals surface area contributed by atoms with Crippen molar-refractivity contribution in [3.63, 3.8) is 0 Å². The molecule has 1 aliphatic carbocycles. The van der Waals surface area contributed by atoms with Crippen LogP contribution in [0.15, 0.2) is 12.3 Å². The Labute approximate surface area is 114 Å². The third-order valence-corrected chi connectivity index (χ3v) is 4.06. The van der Waals surface area contributed by atoms with Crippen LogP contribution in [0.2, 0.25) is 5.02 Å². The SMILES string of the molecule is CN(Cc1cc(Cl)cn1C)CC1(O)CCCCC1. The first-order valence-electron chi connectivity index (χ1n) is 6.70. The molecule has 1 aromatic heterocycles. The number of nitrogens with zero attached hydrogens (tertiary/aromatic N) is 2. The Kier molecular flexibility index (Phi) is 4.36. The summed E-state index contributed by atoms with van der Waals surface area (Å²) in [6.07, 6.45) is 7.36. The number of aliphatic hydroxyl groups is 1. The van der Waals surface area contributed by atoms with Gasteiger partial charge in [0.2, 0.25) is 0 Å². The molecule has 1 heterocycles. The van der Waals surface area contributed by atoms with E-state index < -0.39 is 5.60 Å². The number of aryl methyl sites for hydroxylation is 1. The summed E-state index contributed by atoms with van der Waals surface area (Å²) < 4.78 is 2.05. The second-order valence-corrected chi connectivity index (χ2v) is 6.15. The van der Waals surface area contributed by atoms with Gasteiger partial charge in [0.25, 0.3) is 0 Å². The van der Waals surface area contributed by atoms with E-state index in [1.165, 1.54) is 12.1 Å². The summed E-state index contributed by atoms with van der Waals surface area (Å²) in [4.78, 5) is 2.19. The van der Waals surface area contributed by atoms with Crippen molar-refractivity contribution in [3.05, 3.63) is 23.0 Å². The maximum atomic E-state index is 10.5. The molecule has 1 fully saturated rings. The molecule has 1 aromatic rings. The van der Waals surface area contributed by atoms with Crippen LogP contribution in [0.25, 0.3) is 0 Å². The van der Waals surface area contributed by atoms with E-state index in [1.54, 1.807) is 0 Å². The molecule has 102 valence electrons. The zero-order valence-electron chi connectivity index (χ0n) is 11.3. The normalized spacial score (nSPS) is 19.4. The number of likely N-dealkylation sites (N-methyl/N-ethyl adjacent to an activating group) is 1. The summed E-state index contributed by atoms with van der Waals surface area (Å²) in [5.41, 5.74) is 0.698.